The van der Waals surface area contributed by atoms with Crippen LogP contribution in [-0.4, -0.2) is 22.1 Å². The highest BCUT2D eigenvalue weighted by Crippen LogP contribution is 2.23. The summed E-state index contributed by atoms with van der Waals surface area (Å²) in [6.45, 7) is 4.03. The smallest absolute Gasteiger partial charge is 0.229 e. The van der Waals surface area contributed by atoms with Crippen LogP contribution in [0.15, 0.2) is 36.5 Å². The van der Waals surface area contributed by atoms with E-state index in [4.69, 9.17) is 4.74 Å². The van der Waals surface area contributed by atoms with Gasteiger partial charge in [0.25, 0.3) is 0 Å². The molecule has 5 nitrogen and oxygen atoms in total. The van der Waals surface area contributed by atoms with E-state index in [2.05, 4.69) is 20.6 Å². The lowest BCUT2D eigenvalue weighted by atomic mass is 10.2. The van der Waals surface area contributed by atoms with Gasteiger partial charge in [0, 0.05) is 17.9 Å². The lowest BCUT2D eigenvalue weighted by Crippen LogP contribution is -2.15. The van der Waals surface area contributed by atoms with Gasteiger partial charge >= 0.3 is 0 Å². The molecule has 1 fully saturated rings. The average Bonchev–Trinajstić information content (AvgIpc) is 3.02. The van der Waals surface area contributed by atoms with Gasteiger partial charge in [0.15, 0.2) is 0 Å². The number of hydrogen-bond acceptors (Lipinski definition) is 5. The first-order valence-corrected chi connectivity index (χ1v) is 8.32. The van der Waals surface area contributed by atoms with Crippen molar-refractivity contribution in [2.45, 2.75) is 51.7 Å². The molecule has 23 heavy (non-hydrogen) atoms. The number of rotatable bonds is 6. The van der Waals surface area contributed by atoms with Crippen LogP contribution in [0.25, 0.3) is 0 Å². The first-order chi connectivity index (χ1) is 11.2. The first-order valence-electron chi connectivity index (χ1n) is 8.32. The van der Waals surface area contributed by atoms with Gasteiger partial charge in [-0.1, -0.05) is 12.8 Å². The molecule has 3 rings (SSSR count). The summed E-state index contributed by atoms with van der Waals surface area (Å²) in [6.07, 6.45) is 7.02. The molecule has 0 saturated heterocycles. The Morgan fingerprint density at radius 3 is 2.52 bits per heavy atom. The SMILES string of the molecule is CC(C)Oc1ccc(Nc2nccc(NC3CCCC3)n2)cc1. The highest BCUT2D eigenvalue weighted by Gasteiger charge is 2.15. The van der Waals surface area contributed by atoms with Crippen LogP contribution < -0.4 is 15.4 Å². The Kier molecular flexibility index (Phi) is 4.95. The Morgan fingerprint density at radius 1 is 1.09 bits per heavy atom. The lowest BCUT2D eigenvalue weighted by Gasteiger charge is -2.13. The van der Waals surface area contributed by atoms with E-state index in [-0.39, 0.29) is 6.10 Å². The summed E-state index contributed by atoms with van der Waals surface area (Å²) in [5, 5.41) is 6.72. The molecule has 1 aromatic heterocycles. The van der Waals surface area contributed by atoms with E-state index in [0.29, 0.717) is 12.0 Å². The van der Waals surface area contributed by atoms with Gasteiger partial charge in [-0.05, 0) is 57.0 Å². The lowest BCUT2D eigenvalue weighted by molar-refractivity contribution is 0.242. The first kappa shape index (κ1) is 15.6. The van der Waals surface area contributed by atoms with Crippen molar-refractivity contribution in [1.29, 1.82) is 0 Å². The fourth-order valence-electron chi connectivity index (χ4n) is 2.80. The standard InChI is InChI=1S/C18H24N4O/c1-13(2)23-16-9-7-15(8-10-16)21-18-19-12-11-17(22-18)20-14-5-3-4-6-14/h7-14H,3-6H2,1-2H3,(H2,19,20,21,22). The maximum Gasteiger partial charge on any atom is 0.229 e. The third kappa shape index (κ3) is 4.58. The van der Waals surface area contributed by atoms with Crippen molar-refractivity contribution in [2.75, 3.05) is 10.6 Å². The van der Waals surface area contributed by atoms with E-state index in [1.165, 1.54) is 25.7 Å². The predicted octanol–water partition coefficient (Wildman–Crippen LogP) is 4.36. The highest BCUT2D eigenvalue weighted by molar-refractivity contribution is 5.55. The Labute approximate surface area is 137 Å². The van der Waals surface area contributed by atoms with E-state index in [9.17, 15) is 0 Å². The molecule has 0 aliphatic heterocycles. The molecule has 0 atom stereocenters. The van der Waals surface area contributed by atoms with E-state index in [1.54, 1.807) is 6.20 Å². The van der Waals surface area contributed by atoms with Gasteiger partial charge in [0.05, 0.1) is 6.10 Å². The van der Waals surface area contributed by atoms with Crippen LogP contribution in [0.4, 0.5) is 17.5 Å². The molecule has 2 aromatic rings. The summed E-state index contributed by atoms with van der Waals surface area (Å²) < 4.78 is 5.64. The Morgan fingerprint density at radius 2 is 1.83 bits per heavy atom. The normalized spacial score (nSPS) is 14.9. The van der Waals surface area contributed by atoms with E-state index in [0.717, 1.165) is 17.3 Å². The molecule has 0 spiro atoms. The van der Waals surface area contributed by atoms with E-state index >= 15 is 0 Å². The van der Waals surface area contributed by atoms with Crippen LogP contribution in [0.1, 0.15) is 39.5 Å². The average molecular weight is 312 g/mol. The van der Waals surface area contributed by atoms with Crippen molar-refractivity contribution in [3.05, 3.63) is 36.5 Å². The van der Waals surface area contributed by atoms with E-state index < -0.39 is 0 Å². The van der Waals surface area contributed by atoms with Crippen LogP contribution in [0.2, 0.25) is 0 Å². The molecular formula is C18H24N4O. The zero-order valence-electron chi connectivity index (χ0n) is 13.7. The van der Waals surface area contributed by atoms with Crippen molar-refractivity contribution < 1.29 is 4.74 Å². The van der Waals surface area contributed by atoms with Crippen LogP contribution in [-0.2, 0) is 0 Å². The van der Waals surface area contributed by atoms with E-state index in [1.807, 2.05) is 44.2 Å². The molecule has 0 bridgehead atoms. The summed E-state index contributed by atoms with van der Waals surface area (Å²) in [5.74, 6) is 2.35. The van der Waals surface area contributed by atoms with Crippen LogP contribution >= 0.6 is 0 Å². The molecule has 1 aliphatic rings. The molecule has 0 amide bonds. The van der Waals surface area contributed by atoms with Crippen LogP contribution in [0.5, 0.6) is 5.75 Å². The van der Waals surface area contributed by atoms with Gasteiger partial charge in [-0.3, -0.25) is 0 Å². The largest absolute Gasteiger partial charge is 0.491 e. The number of anilines is 3. The summed E-state index contributed by atoms with van der Waals surface area (Å²) in [6, 6.07) is 10.3. The topological polar surface area (TPSA) is 59.1 Å². The van der Waals surface area contributed by atoms with Crippen molar-refractivity contribution in [1.82, 2.24) is 9.97 Å². The van der Waals surface area contributed by atoms with Gasteiger partial charge in [-0.25, -0.2) is 4.98 Å². The van der Waals surface area contributed by atoms with Crippen molar-refractivity contribution in [3.8, 4) is 5.75 Å². The molecule has 5 heteroatoms. The Balaban J connectivity index is 1.62. The van der Waals surface area contributed by atoms with Crippen molar-refractivity contribution in [2.24, 2.45) is 0 Å². The van der Waals surface area contributed by atoms with Gasteiger partial charge < -0.3 is 15.4 Å². The molecule has 0 radical (unpaired) electrons. The zero-order valence-corrected chi connectivity index (χ0v) is 13.7. The Hall–Kier alpha value is -2.30. The number of hydrogen-bond donors (Lipinski definition) is 2. The van der Waals surface area contributed by atoms with Gasteiger partial charge in [0.2, 0.25) is 5.95 Å². The maximum absolute atomic E-state index is 5.64. The number of aromatic nitrogens is 2. The fourth-order valence-corrected chi connectivity index (χ4v) is 2.80. The van der Waals surface area contributed by atoms with Gasteiger partial charge in [-0.15, -0.1) is 0 Å². The summed E-state index contributed by atoms with van der Waals surface area (Å²) in [5.41, 5.74) is 0.944. The molecular weight excluding hydrogens is 288 g/mol. The molecule has 1 aromatic carbocycles. The quantitative estimate of drug-likeness (QED) is 0.830. The van der Waals surface area contributed by atoms with Crippen LogP contribution in [0, 0.1) is 0 Å². The zero-order chi connectivity index (χ0) is 16.1. The second-order valence-corrected chi connectivity index (χ2v) is 6.21. The van der Waals surface area contributed by atoms with Crippen LogP contribution in [0.3, 0.4) is 0 Å². The minimum atomic E-state index is 0.176. The molecule has 2 N–H and O–H groups in total. The number of benzene rings is 1. The number of nitrogens with zero attached hydrogens (tertiary/aromatic N) is 2. The molecule has 122 valence electrons. The summed E-state index contributed by atoms with van der Waals surface area (Å²) in [7, 11) is 0. The summed E-state index contributed by atoms with van der Waals surface area (Å²) in [4.78, 5) is 8.82. The second-order valence-electron chi connectivity index (χ2n) is 6.21. The molecule has 0 unspecified atom stereocenters. The monoisotopic (exact) mass is 312 g/mol. The molecule has 1 heterocycles. The van der Waals surface area contributed by atoms with Crippen molar-refractivity contribution >= 4 is 17.5 Å². The minimum absolute atomic E-state index is 0.176. The molecule has 1 aliphatic carbocycles. The third-order valence-corrected chi connectivity index (χ3v) is 3.84. The molecule has 1 saturated carbocycles. The van der Waals surface area contributed by atoms with Gasteiger partial charge in [-0.2, -0.15) is 4.98 Å². The summed E-state index contributed by atoms with van der Waals surface area (Å²) >= 11 is 0. The predicted molar refractivity (Wildman–Crippen MR) is 93.4 cm³/mol. The highest BCUT2D eigenvalue weighted by atomic mass is 16.5. The third-order valence-electron chi connectivity index (χ3n) is 3.84. The number of ether oxygens (including phenoxy) is 1. The van der Waals surface area contributed by atoms with Gasteiger partial charge in [0.1, 0.15) is 11.6 Å². The van der Waals surface area contributed by atoms with Crippen molar-refractivity contribution in [3.63, 3.8) is 0 Å². The fraction of sp³-hybridized carbons (Fsp3) is 0.444. The number of nitrogens with one attached hydrogen (secondary N) is 2. The second kappa shape index (κ2) is 7.31. The Bertz CT molecular complexity index is 621. The maximum atomic E-state index is 5.64. The minimum Gasteiger partial charge on any atom is -0.491 e.